The van der Waals surface area contributed by atoms with Crippen LogP contribution in [0.2, 0.25) is 0 Å². The molecule has 0 amide bonds. The van der Waals surface area contributed by atoms with Crippen LogP contribution in [0.3, 0.4) is 0 Å². The summed E-state index contributed by atoms with van der Waals surface area (Å²) in [5.74, 6) is -11.5. The van der Waals surface area contributed by atoms with Crippen molar-refractivity contribution in [3.63, 3.8) is 0 Å². The molecule has 0 aliphatic heterocycles. The average Bonchev–Trinajstić information content (AvgIpc) is 2.87. The topological polar surface area (TPSA) is 32.7 Å². The van der Waals surface area contributed by atoms with Crippen molar-refractivity contribution in [2.45, 2.75) is 50.2 Å². The summed E-state index contributed by atoms with van der Waals surface area (Å²) in [6.07, 6.45) is -13.8. The monoisotopic (exact) mass is 583 g/mol. The molecule has 0 saturated carbocycles. The molecule has 3 rings (SSSR count). The predicted octanol–water partition coefficient (Wildman–Crippen LogP) is 8.26. The van der Waals surface area contributed by atoms with Crippen LogP contribution >= 0.6 is 0 Å². The van der Waals surface area contributed by atoms with Crippen LogP contribution in [-0.2, 0) is 18.9 Å². The van der Waals surface area contributed by atoms with Gasteiger partial charge in [-0.3, -0.25) is 0 Å². The number of benzene rings is 3. The van der Waals surface area contributed by atoms with Crippen LogP contribution in [0.15, 0.2) is 72.8 Å². The SMILES string of the molecule is CCc1cccc(Oc2cccc(N(Cc3cccc(C(F)(F)C(F)(F)C(F)(F)F)c3)CC(O)C(F)(F)F)c2)c1. The largest absolute Gasteiger partial charge is 0.460 e. The van der Waals surface area contributed by atoms with E-state index in [-0.39, 0.29) is 17.0 Å². The number of aryl methyl sites for hydroxylation is 1. The minimum absolute atomic E-state index is 0.0187. The molecule has 3 nitrogen and oxygen atoms in total. The summed E-state index contributed by atoms with van der Waals surface area (Å²) in [5.41, 5.74) is -1.04. The predicted molar refractivity (Wildman–Crippen MR) is 127 cm³/mol. The quantitative estimate of drug-likeness (QED) is 0.244. The fraction of sp³-hybridized carbons (Fsp3) is 0.333. The molecule has 0 radical (unpaired) electrons. The molecule has 1 unspecified atom stereocenters. The Bertz CT molecular complexity index is 1290. The number of halogens is 10. The van der Waals surface area contributed by atoms with E-state index in [2.05, 4.69) is 0 Å². The Hall–Kier alpha value is -3.48. The molecule has 3 aromatic rings. The lowest BCUT2D eigenvalue weighted by atomic mass is 9.99. The highest BCUT2D eigenvalue weighted by Crippen LogP contribution is 2.51. The molecule has 0 aliphatic carbocycles. The van der Waals surface area contributed by atoms with E-state index in [9.17, 15) is 49.0 Å². The molecular weight excluding hydrogens is 560 g/mol. The van der Waals surface area contributed by atoms with E-state index in [1.54, 1.807) is 18.2 Å². The van der Waals surface area contributed by atoms with Gasteiger partial charge in [-0.1, -0.05) is 43.3 Å². The smallest absolute Gasteiger partial charge is 0.457 e. The number of ether oxygens (including phenoxy) is 1. The molecule has 0 aromatic heterocycles. The first-order valence-corrected chi connectivity index (χ1v) is 11.7. The minimum Gasteiger partial charge on any atom is -0.457 e. The van der Waals surface area contributed by atoms with Gasteiger partial charge in [0.25, 0.3) is 0 Å². The van der Waals surface area contributed by atoms with E-state index in [1.807, 2.05) is 13.0 Å². The molecule has 0 spiro atoms. The van der Waals surface area contributed by atoms with Crippen molar-refractivity contribution in [2.24, 2.45) is 0 Å². The zero-order chi connectivity index (χ0) is 29.9. The van der Waals surface area contributed by atoms with E-state index in [1.165, 1.54) is 24.3 Å². The fourth-order valence-electron chi connectivity index (χ4n) is 3.73. The number of hydrogen-bond donors (Lipinski definition) is 1. The van der Waals surface area contributed by atoms with E-state index in [0.717, 1.165) is 22.6 Å². The highest BCUT2D eigenvalue weighted by Gasteiger charge is 2.73. The molecule has 1 atom stereocenters. The van der Waals surface area contributed by atoms with Crippen molar-refractivity contribution in [1.29, 1.82) is 0 Å². The lowest BCUT2D eigenvalue weighted by Gasteiger charge is -2.30. The normalized spacial score (nSPS) is 13.7. The van der Waals surface area contributed by atoms with Crippen LogP contribution in [0.25, 0.3) is 0 Å². The van der Waals surface area contributed by atoms with Crippen LogP contribution < -0.4 is 9.64 Å². The minimum atomic E-state index is -6.56. The number of anilines is 1. The summed E-state index contributed by atoms with van der Waals surface area (Å²) in [6.45, 7) is 0.139. The van der Waals surface area contributed by atoms with Crippen LogP contribution in [0, 0.1) is 0 Å². The van der Waals surface area contributed by atoms with Crippen LogP contribution in [-0.4, -0.2) is 36.0 Å². The molecule has 0 saturated heterocycles. The number of nitrogens with zero attached hydrogens (tertiary/aromatic N) is 1. The molecule has 3 aromatic carbocycles. The molecule has 13 heteroatoms. The van der Waals surface area contributed by atoms with Gasteiger partial charge >= 0.3 is 24.2 Å². The van der Waals surface area contributed by atoms with E-state index in [0.29, 0.717) is 24.3 Å². The first-order chi connectivity index (χ1) is 18.5. The third kappa shape index (κ3) is 6.98. The molecule has 40 heavy (non-hydrogen) atoms. The lowest BCUT2D eigenvalue weighted by molar-refractivity contribution is -0.359. The zero-order valence-electron chi connectivity index (χ0n) is 20.7. The maximum absolute atomic E-state index is 14.3. The van der Waals surface area contributed by atoms with Gasteiger partial charge in [0.2, 0.25) is 0 Å². The fourth-order valence-corrected chi connectivity index (χ4v) is 3.73. The van der Waals surface area contributed by atoms with Crippen molar-refractivity contribution in [3.05, 3.63) is 89.5 Å². The average molecular weight is 583 g/mol. The van der Waals surface area contributed by atoms with E-state index >= 15 is 0 Å². The van der Waals surface area contributed by atoms with Gasteiger partial charge in [-0.15, -0.1) is 0 Å². The van der Waals surface area contributed by atoms with Crippen molar-refractivity contribution < 1.29 is 53.7 Å². The molecular formula is C27H23F10NO2. The second-order valence-electron chi connectivity index (χ2n) is 8.89. The Labute approximate surface area is 222 Å². The Morgan fingerprint density at radius 2 is 1.32 bits per heavy atom. The molecule has 0 heterocycles. The molecule has 0 bridgehead atoms. The Balaban J connectivity index is 1.96. The van der Waals surface area contributed by atoms with Crippen LogP contribution in [0.1, 0.15) is 23.6 Å². The van der Waals surface area contributed by atoms with Crippen molar-refractivity contribution in [3.8, 4) is 11.5 Å². The van der Waals surface area contributed by atoms with Gasteiger partial charge in [0.05, 0.1) is 6.54 Å². The number of rotatable bonds is 10. The number of aliphatic hydroxyl groups is 1. The number of aliphatic hydroxyl groups excluding tert-OH is 1. The third-order valence-electron chi connectivity index (χ3n) is 5.91. The van der Waals surface area contributed by atoms with Gasteiger partial charge in [0.15, 0.2) is 6.10 Å². The summed E-state index contributed by atoms with van der Waals surface area (Å²) < 4.78 is 139. The highest BCUT2D eigenvalue weighted by molar-refractivity contribution is 5.52. The molecule has 0 aliphatic rings. The van der Waals surface area contributed by atoms with Crippen molar-refractivity contribution in [1.82, 2.24) is 0 Å². The van der Waals surface area contributed by atoms with E-state index in [4.69, 9.17) is 4.74 Å². The molecule has 218 valence electrons. The highest BCUT2D eigenvalue weighted by atomic mass is 19.4. The zero-order valence-corrected chi connectivity index (χ0v) is 20.7. The van der Waals surface area contributed by atoms with Gasteiger partial charge in [-0.25, -0.2) is 0 Å². The van der Waals surface area contributed by atoms with Crippen LogP contribution in [0.4, 0.5) is 49.6 Å². The van der Waals surface area contributed by atoms with Crippen LogP contribution in [0.5, 0.6) is 11.5 Å². The summed E-state index contributed by atoms with van der Waals surface area (Å²) in [4.78, 5) is 0.909. The molecule has 1 N–H and O–H groups in total. The maximum atomic E-state index is 14.3. The summed E-state index contributed by atoms with van der Waals surface area (Å²) in [5, 5.41) is 9.70. The lowest BCUT2D eigenvalue weighted by Crippen LogP contribution is -2.50. The van der Waals surface area contributed by atoms with Crippen molar-refractivity contribution in [2.75, 3.05) is 11.4 Å². The Kier molecular flexibility index (Phi) is 8.97. The second kappa shape index (κ2) is 11.6. The summed E-state index contributed by atoms with van der Waals surface area (Å²) in [7, 11) is 0. The Morgan fingerprint density at radius 3 is 1.93 bits per heavy atom. The summed E-state index contributed by atoms with van der Waals surface area (Å²) in [6, 6.07) is 15.0. The summed E-state index contributed by atoms with van der Waals surface area (Å²) >= 11 is 0. The maximum Gasteiger partial charge on any atom is 0.460 e. The van der Waals surface area contributed by atoms with Gasteiger partial charge < -0.3 is 14.7 Å². The third-order valence-corrected chi connectivity index (χ3v) is 5.91. The second-order valence-corrected chi connectivity index (χ2v) is 8.89. The molecule has 0 fully saturated rings. The number of hydrogen-bond acceptors (Lipinski definition) is 3. The standard InChI is InChI=1S/C27H23F10NO2/c1-2-17-6-4-10-21(13-17)40-22-11-5-9-20(14-22)38(16-23(39)25(30,31)32)15-18-7-3-8-19(12-18)24(28,29)26(33,34)27(35,36)37/h3-14,23,39H,2,15-16H2,1H3. The van der Waals surface area contributed by atoms with Gasteiger partial charge in [0, 0.05) is 23.9 Å². The van der Waals surface area contributed by atoms with Gasteiger partial charge in [-0.05, 0) is 47.9 Å². The van der Waals surface area contributed by atoms with Gasteiger partial charge in [0.1, 0.15) is 11.5 Å². The first-order valence-electron chi connectivity index (χ1n) is 11.7. The van der Waals surface area contributed by atoms with Gasteiger partial charge in [-0.2, -0.15) is 43.9 Å². The first kappa shape index (κ1) is 31.1. The Morgan fingerprint density at radius 1 is 0.750 bits per heavy atom. The number of alkyl halides is 10. The van der Waals surface area contributed by atoms with E-state index < -0.39 is 49.0 Å². The van der Waals surface area contributed by atoms with Crippen molar-refractivity contribution >= 4 is 5.69 Å².